The van der Waals surface area contributed by atoms with E-state index < -0.39 is 5.97 Å². The highest BCUT2D eigenvalue weighted by Crippen LogP contribution is 2.22. The molecule has 0 saturated carbocycles. The van der Waals surface area contributed by atoms with Gasteiger partial charge >= 0.3 is 5.97 Å². The maximum atomic E-state index is 11.5. The van der Waals surface area contributed by atoms with Crippen molar-refractivity contribution in [2.75, 3.05) is 5.32 Å². The topological polar surface area (TPSA) is 66.6 Å². The third-order valence-electron chi connectivity index (χ3n) is 3.85. The minimum Gasteiger partial charge on any atom is -0.476 e. The van der Waals surface area contributed by atoms with E-state index in [1.165, 1.54) is 0 Å². The number of nitrogens with one attached hydrogen (secondary N) is 1. The maximum Gasteiger partial charge on any atom is 0.356 e. The monoisotopic (exact) mass is 275 g/mol. The maximum absolute atomic E-state index is 11.5. The molecule has 0 aromatic carbocycles. The van der Waals surface area contributed by atoms with Crippen LogP contribution in [0.25, 0.3) is 5.65 Å². The van der Waals surface area contributed by atoms with Crippen LogP contribution in [0.5, 0.6) is 0 Å². The zero-order valence-electron chi connectivity index (χ0n) is 12.1. The number of aromatic nitrogens is 2. The van der Waals surface area contributed by atoms with Crippen molar-refractivity contribution in [1.82, 2.24) is 9.38 Å². The number of imidazole rings is 1. The van der Waals surface area contributed by atoms with Gasteiger partial charge in [0, 0.05) is 12.2 Å². The molecule has 5 nitrogen and oxygen atoms in total. The average Bonchev–Trinajstić information content (AvgIpc) is 2.77. The van der Waals surface area contributed by atoms with Gasteiger partial charge in [0.1, 0.15) is 5.65 Å². The molecule has 0 aliphatic rings. The van der Waals surface area contributed by atoms with Gasteiger partial charge in [0.25, 0.3) is 0 Å². The molecule has 0 aliphatic carbocycles. The number of rotatable bonds is 6. The molecule has 0 bridgehead atoms. The van der Waals surface area contributed by atoms with E-state index in [4.69, 9.17) is 0 Å². The minimum absolute atomic E-state index is 0.188. The molecule has 2 N–H and O–H groups in total. The Balaban J connectivity index is 2.38. The highest BCUT2D eigenvalue weighted by molar-refractivity contribution is 5.93. The number of anilines is 1. The third kappa shape index (κ3) is 2.61. The molecule has 2 aromatic rings. The fourth-order valence-corrected chi connectivity index (χ4v) is 2.63. The van der Waals surface area contributed by atoms with Gasteiger partial charge in [-0.05, 0) is 25.0 Å². The molecule has 2 heterocycles. The van der Waals surface area contributed by atoms with Gasteiger partial charge in [0.15, 0.2) is 11.5 Å². The fraction of sp³-hybridized carbons (Fsp3) is 0.467. The Morgan fingerprint density at radius 3 is 2.70 bits per heavy atom. The summed E-state index contributed by atoms with van der Waals surface area (Å²) in [5.74, 6) is -0.0208. The van der Waals surface area contributed by atoms with Crippen molar-refractivity contribution >= 4 is 17.4 Å². The van der Waals surface area contributed by atoms with Crippen molar-refractivity contribution in [3.63, 3.8) is 0 Å². The predicted molar refractivity (Wildman–Crippen MR) is 79.3 cm³/mol. The second-order valence-electron chi connectivity index (χ2n) is 5.05. The molecule has 20 heavy (non-hydrogen) atoms. The molecular formula is C15H21N3O2. The van der Waals surface area contributed by atoms with Gasteiger partial charge in [0.2, 0.25) is 0 Å². The van der Waals surface area contributed by atoms with Gasteiger partial charge in [-0.2, -0.15) is 0 Å². The van der Waals surface area contributed by atoms with Crippen LogP contribution in [-0.2, 0) is 0 Å². The van der Waals surface area contributed by atoms with E-state index in [-0.39, 0.29) is 11.7 Å². The van der Waals surface area contributed by atoms with Crippen molar-refractivity contribution in [1.29, 1.82) is 0 Å². The van der Waals surface area contributed by atoms with Gasteiger partial charge in [-0.25, -0.2) is 9.78 Å². The molecule has 2 rings (SSSR count). The summed E-state index contributed by atoms with van der Waals surface area (Å²) < 4.78 is 1.60. The minimum atomic E-state index is -0.969. The van der Waals surface area contributed by atoms with Gasteiger partial charge in [-0.1, -0.05) is 32.8 Å². The average molecular weight is 275 g/mol. The first-order valence-corrected chi connectivity index (χ1v) is 7.05. The summed E-state index contributed by atoms with van der Waals surface area (Å²) in [6.07, 6.45) is 3.83. The number of hydrogen-bond acceptors (Lipinski definition) is 3. The SMILES string of the molecule is CCC(CC)C(C)Nc1nc2ccccn2c1C(=O)O. The Morgan fingerprint density at radius 1 is 1.40 bits per heavy atom. The Hall–Kier alpha value is -2.04. The summed E-state index contributed by atoms with van der Waals surface area (Å²) in [7, 11) is 0. The number of carbonyl (C=O) groups is 1. The Morgan fingerprint density at radius 2 is 2.10 bits per heavy atom. The number of hydrogen-bond donors (Lipinski definition) is 2. The molecule has 1 unspecified atom stereocenters. The summed E-state index contributed by atoms with van der Waals surface area (Å²) in [4.78, 5) is 15.9. The number of carboxylic acids is 1. The van der Waals surface area contributed by atoms with Crippen molar-refractivity contribution in [2.45, 2.75) is 39.7 Å². The number of carboxylic acid groups (broad SMARTS) is 1. The molecule has 108 valence electrons. The van der Waals surface area contributed by atoms with Crippen molar-refractivity contribution in [2.24, 2.45) is 5.92 Å². The number of fused-ring (bicyclic) bond motifs is 1. The van der Waals surface area contributed by atoms with Crippen LogP contribution in [0, 0.1) is 5.92 Å². The lowest BCUT2D eigenvalue weighted by molar-refractivity contribution is 0.0690. The quantitative estimate of drug-likeness (QED) is 0.849. The first kappa shape index (κ1) is 14.4. The van der Waals surface area contributed by atoms with E-state index in [0.29, 0.717) is 17.4 Å². The molecule has 1 atom stereocenters. The van der Waals surface area contributed by atoms with Crippen LogP contribution in [0.4, 0.5) is 5.82 Å². The summed E-state index contributed by atoms with van der Waals surface area (Å²) in [5, 5.41) is 12.7. The van der Waals surface area contributed by atoms with Crippen LogP contribution < -0.4 is 5.32 Å². The molecule has 0 fully saturated rings. The summed E-state index contributed by atoms with van der Waals surface area (Å²) in [5.41, 5.74) is 0.836. The number of pyridine rings is 1. The molecule has 0 amide bonds. The third-order valence-corrected chi connectivity index (χ3v) is 3.85. The molecule has 0 spiro atoms. The van der Waals surface area contributed by atoms with Crippen LogP contribution in [0.3, 0.4) is 0 Å². The Labute approximate surface area is 118 Å². The van der Waals surface area contributed by atoms with E-state index in [9.17, 15) is 9.90 Å². The first-order chi connectivity index (χ1) is 9.58. The standard InChI is InChI=1S/C15H21N3O2/c1-4-11(5-2)10(3)16-14-13(15(19)20)18-9-7-6-8-12(18)17-14/h6-11,16H,4-5H2,1-3H3,(H,19,20). The molecule has 2 aromatic heterocycles. The lowest BCUT2D eigenvalue weighted by Crippen LogP contribution is -2.26. The number of aromatic carboxylic acids is 1. The van der Waals surface area contributed by atoms with Crippen LogP contribution in [0.15, 0.2) is 24.4 Å². The van der Waals surface area contributed by atoms with Crippen molar-refractivity contribution in [3.8, 4) is 0 Å². The fourth-order valence-electron chi connectivity index (χ4n) is 2.63. The number of nitrogens with zero attached hydrogens (tertiary/aromatic N) is 2. The van der Waals surface area contributed by atoms with E-state index in [0.717, 1.165) is 12.8 Å². The van der Waals surface area contributed by atoms with E-state index in [1.807, 2.05) is 6.07 Å². The summed E-state index contributed by atoms with van der Waals surface area (Å²) in [6.45, 7) is 6.37. The van der Waals surface area contributed by atoms with Gasteiger partial charge < -0.3 is 10.4 Å². The second-order valence-corrected chi connectivity index (χ2v) is 5.05. The van der Waals surface area contributed by atoms with Gasteiger partial charge in [0.05, 0.1) is 0 Å². The normalized spacial score (nSPS) is 12.8. The predicted octanol–water partition coefficient (Wildman–Crippen LogP) is 3.27. The lowest BCUT2D eigenvalue weighted by Gasteiger charge is -2.22. The van der Waals surface area contributed by atoms with E-state index >= 15 is 0 Å². The van der Waals surface area contributed by atoms with Gasteiger partial charge in [-0.15, -0.1) is 0 Å². The molecular weight excluding hydrogens is 254 g/mol. The van der Waals surface area contributed by atoms with Crippen LogP contribution >= 0.6 is 0 Å². The molecule has 0 saturated heterocycles. The van der Waals surface area contributed by atoms with Crippen molar-refractivity contribution < 1.29 is 9.90 Å². The highest BCUT2D eigenvalue weighted by atomic mass is 16.4. The largest absolute Gasteiger partial charge is 0.476 e. The molecule has 0 radical (unpaired) electrons. The smallest absolute Gasteiger partial charge is 0.356 e. The zero-order chi connectivity index (χ0) is 14.7. The van der Waals surface area contributed by atoms with E-state index in [2.05, 4.69) is 31.1 Å². The highest BCUT2D eigenvalue weighted by Gasteiger charge is 2.21. The summed E-state index contributed by atoms with van der Waals surface area (Å²) >= 11 is 0. The first-order valence-electron chi connectivity index (χ1n) is 7.05. The van der Waals surface area contributed by atoms with Crippen LogP contribution in [0.2, 0.25) is 0 Å². The second kappa shape index (κ2) is 5.94. The molecule has 0 aliphatic heterocycles. The Bertz CT molecular complexity index is 602. The summed E-state index contributed by atoms with van der Waals surface area (Å²) in [6, 6.07) is 5.64. The van der Waals surface area contributed by atoms with Gasteiger partial charge in [-0.3, -0.25) is 4.40 Å². The van der Waals surface area contributed by atoms with Crippen molar-refractivity contribution in [3.05, 3.63) is 30.1 Å². The van der Waals surface area contributed by atoms with Crippen LogP contribution in [-0.4, -0.2) is 26.5 Å². The lowest BCUT2D eigenvalue weighted by atomic mass is 9.95. The molecule has 5 heteroatoms. The zero-order valence-corrected chi connectivity index (χ0v) is 12.1. The Kier molecular flexibility index (Phi) is 4.27. The van der Waals surface area contributed by atoms with Crippen LogP contribution in [0.1, 0.15) is 44.1 Å². The van der Waals surface area contributed by atoms with E-state index in [1.54, 1.807) is 22.7 Å².